The van der Waals surface area contributed by atoms with E-state index in [1.807, 2.05) is 11.3 Å². The molecule has 276 valence electrons. The molecule has 59 heavy (non-hydrogen) atoms. The lowest BCUT2D eigenvalue weighted by Crippen LogP contribution is -2.09. The van der Waals surface area contributed by atoms with Crippen LogP contribution in [0.4, 0.5) is 17.1 Å². The molecule has 2 heterocycles. The second-order valence-corrected chi connectivity index (χ2v) is 16.4. The zero-order valence-corrected chi connectivity index (χ0v) is 32.9. The second kappa shape index (κ2) is 13.6. The molecule has 0 aliphatic rings. The number of hydrogen-bond donors (Lipinski definition) is 0. The molecule has 0 aliphatic carbocycles. The lowest BCUT2D eigenvalue weighted by Gasteiger charge is -2.26. The van der Waals surface area contributed by atoms with Crippen LogP contribution >= 0.6 is 11.3 Å². The highest BCUT2D eigenvalue weighted by Crippen LogP contribution is 2.43. The fourth-order valence-electron chi connectivity index (χ4n) is 9.19. The number of nitrogens with zero attached hydrogens (tertiary/aromatic N) is 2. The summed E-state index contributed by atoms with van der Waals surface area (Å²) in [6, 6.07) is 80.0. The van der Waals surface area contributed by atoms with Crippen LogP contribution in [-0.2, 0) is 0 Å². The molecule has 12 rings (SSSR count). The number of rotatable bonds is 6. The molecule has 0 N–H and O–H groups in total. The first-order chi connectivity index (χ1) is 29.2. The van der Waals surface area contributed by atoms with Crippen molar-refractivity contribution < 1.29 is 0 Å². The molecule has 2 aromatic heterocycles. The van der Waals surface area contributed by atoms with Crippen LogP contribution in [0.25, 0.3) is 91.5 Å². The van der Waals surface area contributed by atoms with Crippen molar-refractivity contribution in [2.75, 3.05) is 4.90 Å². The van der Waals surface area contributed by atoms with Crippen LogP contribution in [0.1, 0.15) is 0 Å². The Labute approximate surface area is 346 Å². The molecule has 0 bridgehead atoms. The van der Waals surface area contributed by atoms with E-state index in [-0.39, 0.29) is 0 Å². The van der Waals surface area contributed by atoms with Crippen molar-refractivity contribution in [3.63, 3.8) is 0 Å². The van der Waals surface area contributed by atoms with E-state index in [4.69, 9.17) is 0 Å². The minimum absolute atomic E-state index is 1.10. The van der Waals surface area contributed by atoms with Gasteiger partial charge < -0.3 is 9.47 Å². The van der Waals surface area contributed by atoms with Gasteiger partial charge in [-0.05, 0) is 117 Å². The van der Waals surface area contributed by atoms with Gasteiger partial charge in [0.2, 0.25) is 0 Å². The molecule has 0 spiro atoms. The lowest BCUT2D eigenvalue weighted by molar-refractivity contribution is 1.18. The summed E-state index contributed by atoms with van der Waals surface area (Å²) in [6.07, 6.45) is 0. The molecule has 0 amide bonds. The van der Waals surface area contributed by atoms with E-state index in [0.717, 1.165) is 22.7 Å². The minimum atomic E-state index is 1.10. The van der Waals surface area contributed by atoms with Gasteiger partial charge in [0.1, 0.15) is 0 Å². The molecule has 10 aromatic carbocycles. The molecule has 0 atom stereocenters. The van der Waals surface area contributed by atoms with E-state index in [9.17, 15) is 0 Å². The quantitative estimate of drug-likeness (QED) is 0.153. The third-order valence-corrected chi connectivity index (χ3v) is 13.1. The largest absolute Gasteiger partial charge is 0.310 e. The zero-order chi connectivity index (χ0) is 38.9. The normalized spacial score (nSPS) is 11.7. The van der Waals surface area contributed by atoms with Crippen LogP contribution in [0.5, 0.6) is 0 Å². The fraction of sp³-hybridized carbons (Fsp3) is 0. The molecule has 3 heteroatoms. The number of benzene rings is 10. The molecule has 0 saturated carbocycles. The van der Waals surface area contributed by atoms with E-state index in [1.54, 1.807) is 0 Å². The van der Waals surface area contributed by atoms with Crippen LogP contribution in [0.15, 0.2) is 218 Å². The van der Waals surface area contributed by atoms with Gasteiger partial charge in [0.05, 0.1) is 11.0 Å². The van der Waals surface area contributed by atoms with Gasteiger partial charge in [-0.3, -0.25) is 0 Å². The summed E-state index contributed by atoms with van der Waals surface area (Å²) >= 11 is 1.87. The Kier molecular flexibility index (Phi) is 7.75. The Balaban J connectivity index is 0.984. The Morgan fingerprint density at radius 2 is 0.932 bits per heavy atom. The topological polar surface area (TPSA) is 8.17 Å². The average Bonchev–Trinajstić information content (AvgIpc) is 3.85. The Morgan fingerprint density at radius 3 is 1.75 bits per heavy atom. The van der Waals surface area contributed by atoms with Crippen molar-refractivity contribution in [3.05, 3.63) is 218 Å². The van der Waals surface area contributed by atoms with E-state index >= 15 is 0 Å². The third-order valence-electron chi connectivity index (χ3n) is 12.0. The Hall–Kier alpha value is -7.46. The predicted octanol–water partition coefficient (Wildman–Crippen LogP) is 16.3. The highest BCUT2D eigenvalue weighted by molar-refractivity contribution is 7.25. The monoisotopic (exact) mass is 768 g/mol. The standard InChI is InChI=1S/C56H36N2S/c1-2-12-42(13-3-1)58-52-18-8-6-16-50(52)56-47(17-10-19-53(56)58)39-25-31-44(32-26-39)57(45-33-27-40-22-21-38-11-4-5-14-46(38)51(40)36-45)43-29-23-37(24-30-43)41-28-34-49-48-15-7-9-20-54(48)59-55(49)35-41/h1-36H. The first kappa shape index (κ1) is 33.7. The van der Waals surface area contributed by atoms with Gasteiger partial charge in [0.15, 0.2) is 0 Å². The van der Waals surface area contributed by atoms with E-state index in [2.05, 4.69) is 228 Å². The summed E-state index contributed by atoms with van der Waals surface area (Å²) in [6.45, 7) is 0. The van der Waals surface area contributed by atoms with Gasteiger partial charge in [0.25, 0.3) is 0 Å². The van der Waals surface area contributed by atoms with Crippen molar-refractivity contribution in [2.24, 2.45) is 0 Å². The van der Waals surface area contributed by atoms with Gasteiger partial charge in [-0.2, -0.15) is 0 Å². The van der Waals surface area contributed by atoms with E-state index in [1.165, 1.54) is 85.8 Å². The van der Waals surface area contributed by atoms with Crippen LogP contribution in [0.2, 0.25) is 0 Å². The van der Waals surface area contributed by atoms with Crippen molar-refractivity contribution in [3.8, 4) is 27.9 Å². The summed E-state index contributed by atoms with van der Waals surface area (Å²) in [4.78, 5) is 2.39. The van der Waals surface area contributed by atoms with Crippen molar-refractivity contribution >= 4 is 91.9 Å². The molecule has 12 aromatic rings. The minimum Gasteiger partial charge on any atom is -0.310 e. The highest BCUT2D eigenvalue weighted by atomic mass is 32.1. The smallest absolute Gasteiger partial charge is 0.0547 e. The predicted molar refractivity (Wildman–Crippen MR) is 254 cm³/mol. The van der Waals surface area contributed by atoms with Crippen LogP contribution < -0.4 is 4.90 Å². The van der Waals surface area contributed by atoms with Crippen molar-refractivity contribution in [1.29, 1.82) is 0 Å². The van der Waals surface area contributed by atoms with Crippen molar-refractivity contribution in [1.82, 2.24) is 4.57 Å². The summed E-state index contributed by atoms with van der Waals surface area (Å²) < 4.78 is 5.03. The highest BCUT2D eigenvalue weighted by Gasteiger charge is 2.18. The molecular weight excluding hydrogens is 733 g/mol. The van der Waals surface area contributed by atoms with Crippen LogP contribution in [0, 0.1) is 0 Å². The Morgan fingerprint density at radius 1 is 0.339 bits per heavy atom. The second-order valence-electron chi connectivity index (χ2n) is 15.3. The average molecular weight is 769 g/mol. The molecule has 0 radical (unpaired) electrons. The first-order valence-corrected chi connectivity index (χ1v) is 21.0. The van der Waals surface area contributed by atoms with Gasteiger partial charge in [-0.15, -0.1) is 11.3 Å². The first-order valence-electron chi connectivity index (χ1n) is 20.2. The van der Waals surface area contributed by atoms with Crippen LogP contribution in [0.3, 0.4) is 0 Å². The van der Waals surface area contributed by atoms with E-state index < -0.39 is 0 Å². The van der Waals surface area contributed by atoms with Gasteiger partial charge in [0, 0.05) is 53.7 Å². The number of anilines is 3. The number of hydrogen-bond acceptors (Lipinski definition) is 2. The maximum absolute atomic E-state index is 2.39. The van der Waals surface area contributed by atoms with Gasteiger partial charge in [-0.1, -0.05) is 146 Å². The molecule has 0 saturated heterocycles. The summed E-state index contributed by atoms with van der Waals surface area (Å²) in [5.74, 6) is 0. The van der Waals surface area contributed by atoms with Gasteiger partial charge in [-0.25, -0.2) is 0 Å². The molecule has 2 nitrogen and oxygen atoms in total. The fourth-order valence-corrected chi connectivity index (χ4v) is 10.3. The maximum Gasteiger partial charge on any atom is 0.0547 e. The molecule has 0 unspecified atom stereocenters. The SMILES string of the molecule is c1ccc(-n2c3ccccc3c3c(-c4ccc(N(c5ccc(-c6ccc7c(c6)sc6ccccc67)cc5)c5ccc6ccc7ccccc7c6c5)cc4)cccc32)cc1. The lowest BCUT2D eigenvalue weighted by atomic mass is 9.98. The summed E-state index contributed by atoms with van der Waals surface area (Å²) in [5, 5.41) is 10.2. The number of fused-ring (bicyclic) bond motifs is 9. The number of thiophene rings is 1. The zero-order valence-electron chi connectivity index (χ0n) is 32.1. The number of para-hydroxylation sites is 2. The van der Waals surface area contributed by atoms with Crippen LogP contribution in [-0.4, -0.2) is 4.57 Å². The maximum atomic E-state index is 2.39. The van der Waals surface area contributed by atoms with E-state index in [0.29, 0.717) is 0 Å². The van der Waals surface area contributed by atoms with Crippen molar-refractivity contribution in [2.45, 2.75) is 0 Å². The third kappa shape index (κ3) is 5.55. The van der Waals surface area contributed by atoms with Gasteiger partial charge >= 0.3 is 0 Å². The molecule has 0 aliphatic heterocycles. The summed E-state index contributed by atoms with van der Waals surface area (Å²) in [7, 11) is 0. The molecular formula is C56H36N2S. The Bertz CT molecular complexity index is 3540. The number of aromatic nitrogens is 1. The molecule has 0 fully saturated rings. The summed E-state index contributed by atoms with van der Waals surface area (Å²) in [5.41, 5.74) is 11.8.